The van der Waals surface area contributed by atoms with Gasteiger partial charge in [-0.25, -0.2) is 0 Å². The molecule has 0 radical (unpaired) electrons. The lowest BCUT2D eigenvalue weighted by atomic mass is 9.89. The molecule has 19 heavy (non-hydrogen) atoms. The van der Waals surface area contributed by atoms with Crippen LogP contribution in [0.2, 0.25) is 0 Å². The first-order valence-electron chi connectivity index (χ1n) is 6.94. The normalized spacial score (nSPS) is 15.6. The summed E-state index contributed by atoms with van der Waals surface area (Å²) in [6.07, 6.45) is 9.62. The van der Waals surface area contributed by atoms with Gasteiger partial charge in [0.05, 0.1) is 0 Å². The molecule has 1 heteroatoms. The van der Waals surface area contributed by atoms with E-state index in [1.54, 1.807) is 11.1 Å². The lowest BCUT2D eigenvalue weighted by molar-refractivity contribution is 0.824. The minimum atomic E-state index is 1.07. The van der Waals surface area contributed by atoms with Gasteiger partial charge in [0, 0.05) is 4.47 Å². The molecule has 0 aliphatic heterocycles. The van der Waals surface area contributed by atoms with Crippen LogP contribution in [0.5, 0.6) is 0 Å². The average molecular weight is 311 g/mol. The molecule has 4 rings (SSSR count). The molecule has 2 aliphatic rings. The third-order valence-electron chi connectivity index (χ3n) is 4.32. The second-order valence-corrected chi connectivity index (χ2v) is 6.22. The Morgan fingerprint density at radius 1 is 0.895 bits per heavy atom. The maximum atomic E-state index is 3.67. The first kappa shape index (κ1) is 11.5. The van der Waals surface area contributed by atoms with Gasteiger partial charge in [-0.15, -0.1) is 0 Å². The van der Waals surface area contributed by atoms with Crippen molar-refractivity contribution in [1.82, 2.24) is 0 Å². The summed E-state index contributed by atoms with van der Waals surface area (Å²) in [4.78, 5) is 0. The fourth-order valence-electron chi connectivity index (χ4n) is 3.40. The quantitative estimate of drug-likeness (QED) is 0.701. The van der Waals surface area contributed by atoms with Crippen molar-refractivity contribution in [2.75, 3.05) is 0 Å². The van der Waals surface area contributed by atoms with E-state index < -0.39 is 0 Å². The van der Waals surface area contributed by atoms with Crippen molar-refractivity contribution >= 4 is 28.1 Å². The van der Waals surface area contributed by atoms with E-state index in [0.29, 0.717) is 0 Å². The van der Waals surface area contributed by atoms with Gasteiger partial charge in [-0.1, -0.05) is 52.3 Å². The third kappa shape index (κ3) is 1.72. The Bertz CT molecular complexity index is 875. The Hall–Kier alpha value is -1.34. The maximum absolute atomic E-state index is 3.67. The fraction of sp³-hybridized carbons (Fsp3) is 0.222. The highest BCUT2D eigenvalue weighted by atomic mass is 79.9. The van der Waals surface area contributed by atoms with Crippen LogP contribution in [0.15, 0.2) is 34.8 Å². The molecule has 0 atom stereocenters. The van der Waals surface area contributed by atoms with Gasteiger partial charge in [-0.2, -0.15) is 0 Å². The van der Waals surface area contributed by atoms with Crippen LogP contribution in [0.3, 0.4) is 0 Å². The highest BCUT2D eigenvalue weighted by molar-refractivity contribution is 9.10. The summed E-state index contributed by atoms with van der Waals surface area (Å²) in [6.45, 7) is 0. The number of benzene rings is 2. The van der Waals surface area contributed by atoms with Gasteiger partial charge in [0.25, 0.3) is 0 Å². The molecular formula is C18H15Br. The summed E-state index contributed by atoms with van der Waals surface area (Å²) in [5, 5.41) is 5.64. The molecule has 94 valence electrons. The van der Waals surface area contributed by atoms with Crippen molar-refractivity contribution in [2.24, 2.45) is 0 Å². The Labute approximate surface area is 120 Å². The van der Waals surface area contributed by atoms with Gasteiger partial charge in [-0.3, -0.25) is 0 Å². The van der Waals surface area contributed by atoms with Gasteiger partial charge in [-0.05, 0) is 63.8 Å². The van der Waals surface area contributed by atoms with Crippen LogP contribution in [0.1, 0.15) is 24.0 Å². The topological polar surface area (TPSA) is 0 Å². The van der Waals surface area contributed by atoms with Gasteiger partial charge >= 0.3 is 0 Å². The smallest absolute Gasteiger partial charge is 0.0250 e. The lowest BCUT2D eigenvalue weighted by Crippen LogP contribution is -2.20. The molecule has 0 nitrogen and oxygen atoms in total. The minimum Gasteiger partial charge on any atom is -0.0770 e. The molecule has 0 aromatic heterocycles. The summed E-state index contributed by atoms with van der Waals surface area (Å²) in [7, 11) is 0. The lowest BCUT2D eigenvalue weighted by Gasteiger charge is -2.16. The van der Waals surface area contributed by atoms with Gasteiger partial charge < -0.3 is 0 Å². The zero-order valence-corrected chi connectivity index (χ0v) is 12.3. The molecule has 0 spiro atoms. The van der Waals surface area contributed by atoms with E-state index >= 15 is 0 Å². The highest BCUT2D eigenvalue weighted by Gasteiger charge is 2.11. The van der Waals surface area contributed by atoms with Crippen molar-refractivity contribution in [2.45, 2.75) is 25.7 Å². The van der Waals surface area contributed by atoms with Crippen molar-refractivity contribution < 1.29 is 0 Å². The first-order chi connectivity index (χ1) is 9.34. The molecule has 2 aromatic rings. The Balaban J connectivity index is 2.25. The Kier molecular flexibility index (Phi) is 2.63. The van der Waals surface area contributed by atoms with E-state index in [1.807, 2.05) is 0 Å². The van der Waals surface area contributed by atoms with Gasteiger partial charge in [0.1, 0.15) is 0 Å². The van der Waals surface area contributed by atoms with Crippen LogP contribution in [0.25, 0.3) is 12.2 Å². The minimum absolute atomic E-state index is 1.07. The van der Waals surface area contributed by atoms with E-state index in [-0.39, 0.29) is 0 Å². The summed E-state index contributed by atoms with van der Waals surface area (Å²) in [5.74, 6) is 0. The maximum Gasteiger partial charge on any atom is 0.0250 e. The highest BCUT2D eigenvalue weighted by Crippen LogP contribution is 2.18. The van der Waals surface area contributed by atoms with Crippen LogP contribution in [0.4, 0.5) is 0 Å². The molecule has 2 aliphatic carbocycles. The molecule has 0 fully saturated rings. The van der Waals surface area contributed by atoms with E-state index in [2.05, 4.69) is 58.4 Å². The van der Waals surface area contributed by atoms with Crippen LogP contribution >= 0.6 is 15.9 Å². The second kappa shape index (κ2) is 4.35. The van der Waals surface area contributed by atoms with Crippen LogP contribution < -0.4 is 10.4 Å². The number of fused-ring (bicyclic) bond motifs is 4. The molecule has 0 amide bonds. The standard InChI is InChI=1S/C18H15Br/c19-18-7-3-6-14-16-9-8-12-4-1-2-5-13(12)15(16)10-11-17(14)18/h3-4,6-9,11H,1-2,5,10H2. The summed E-state index contributed by atoms with van der Waals surface area (Å²) in [5.41, 5.74) is 3.14. The van der Waals surface area contributed by atoms with Crippen molar-refractivity contribution in [3.05, 3.63) is 66.8 Å². The van der Waals surface area contributed by atoms with Crippen LogP contribution in [0, 0.1) is 10.4 Å². The average Bonchev–Trinajstić information content (AvgIpc) is 2.47. The summed E-state index contributed by atoms with van der Waals surface area (Å²) < 4.78 is 1.21. The number of halogens is 1. The Morgan fingerprint density at radius 3 is 2.79 bits per heavy atom. The molecule has 0 heterocycles. The zero-order chi connectivity index (χ0) is 12.8. The summed E-state index contributed by atoms with van der Waals surface area (Å²) >= 11 is 3.67. The molecule has 0 saturated carbocycles. The first-order valence-corrected chi connectivity index (χ1v) is 7.74. The van der Waals surface area contributed by atoms with Crippen molar-refractivity contribution in [1.29, 1.82) is 0 Å². The monoisotopic (exact) mass is 310 g/mol. The third-order valence-corrected chi connectivity index (χ3v) is 5.01. The molecule has 0 unspecified atom stereocenters. The summed E-state index contributed by atoms with van der Waals surface area (Å²) in [6, 6.07) is 11.1. The van der Waals surface area contributed by atoms with E-state index in [4.69, 9.17) is 0 Å². The van der Waals surface area contributed by atoms with Crippen molar-refractivity contribution in [3.8, 4) is 0 Å². The molecule has 2 aromatic carbocycles. The van der Waals surface area contributed by atoms with Gasteiger partial charge in [0.15, 0.2) is 0 Å². The number of hydrogen-bond acceptors (Lipinski definition) is 0. The molecular weight excluding hydrogens is 296 g/mol. The number of hydrogen-bond donors (Lipinski definition) is 0. The SMILES string of the molecule is Brc1cccc2c1=CCc1c3c(ccc1=2)=CCCC3. The second-order valence-electron chi connectivity index (χ2n) is 5.37. The predicted octanol–water partition coefficient (Wildman–Crippen LogP) is 3.19. The van der Waals surface area contributed by atoms with Crippen LogP contribution in [-0.2, 0) is 12.8 Å². The molecule has 0 N–H and O–H groups in total. The number of rotatable bonds is 0. The zero-order valence-electron chi connectivity index (χ0n) is 10.7. The van der Waals surface area contributed by atoms with Crippen LogP contribution in [-0.4, -0.2) is 0 Å². The fourth-order valence-corrected chi connectivity index (χ4v) is 3.93. The van der Waals surface area contributed by atoms with E-state index in [1.165, 1.54) is 44.6 Å². The van der Waals surface area contributed by atoms with E-state index in [9.17, 15) is 0 Å². The largest absolute Gasteiger partial charge is 0.0770 e. The molecule has 0 saturated heterocycles. The van der Waals surface area contributed by atoms with Crippen molar-refractivity contribution in [3.63, 3.8) is 0 Å². The Morgan fingerprint density at radius 2 is 1.84 bits per heavy atom. The molecule has 0 bridgehead atoms. The van der Waals surface area contributed by atoms with Gasteiger partial charge in [0.2, 0.25) is 0 Å². The van der Waals surface area contributed by atoms with E-state index in [0.717, 1.165) is 6.42 Å². The predicted molar refractivity (Wildman–Crippen MR) is 83.1 cm³/mol.